The van der Waals surface area contributed by atoms with Gasteiger partial charge in [0, 0.05) is 45.3 Å². The molecule has 2 aliphatic heterocycles. The first kappa shape index (κ1) is 13.7. The molecule has 20 heavy (non-hydrogen) atoms. The molecule has 2 fully saturated rings. The van der Waals surface area contributed by atoms with Gasteiger partial charge in [0.2, 0.25) is 0 Å². The molecule has 0 aromatic carbocycles. The van der Waals surface area contributed by atoms with Crippen molar-refractivity contribution in [1.82, 2.24) is 20.2 Å². The highest BCUT2D eigenvalue weighted by atomic mass is 19.1. The van der Waals surface area contributed by atoms with Gasteiger partial charge < -0.3 is 10.2 Å². The third-order valence-electron chi connectivity index (χ3n) is 4.31. The third kappa shape index (κ3) is 2.62. The van der Waals surface area contributed by atoms with Crippen molar-refractivity contribution in [3.05, 3.63) is 17.8 Å². The van der Waals surface area contributed by atoms with Crippen molar-refractivity contribution in [3.63, 3.8) is 0 Å². The molecule has 2 saturated heterocycles. The molecule has 0 bridgehead atoms. The summed E-state index contributed by atoms with van der Waals surface area (Å²) in [6, 6.07) is 0.525. The average Bonchev–Trinajstić information content (AvgIpc) is 2.98. The number of rotatable bonds is 3. The van der Waals surface area contributed by atoms with Gasteiger partial charge >= 0.3 is 0 Å². The molecule has 110 valence electrons. The molecule has 0 radical (unpaired) electrons. The molecule has 1 aromatic heterocycles. The molecular weight excluding hydrogens is 257 g/mol. The number of piperazine rings is 1. The molecule has 0 spiro atoms. The molecule has 1 N–H and O–H groups in total. The van der Waals surface area contributed by atoms with Crippen molar-refractivity contribution in [3.8, 4) is 0 Å². The molecule has 3 heterocycles. The lowest BCUT2D eigenvalue weighted by Crippen LogP contribution is -2.49. The van der Waals surface area contributed by atoms with E-state index in [4.69, 9.17) is 0 Å². The van der Waals surface area contributed by atoms with E-state index in [9.17, 15) is 4.39 Å². The molecule has 0 aliphatic carbocycles. The Morgan fingerprint density at radius 3 is 2.85 bits per heavy atom. The second kappa shape index (κ2) is 6.01. The van der Waals surface area contributed by atoms with E-state index in [0.29, 0.717) is 24.0 Å². The smallest absolute Gasteiger partial charge is 0.187 e. The Morgan fingerprint density at radius 1 is 1.30 bits per heavy atom. The monoisotopic (exact) mass is 279 g/mol. The summed E-state index contributed by atoms with van der Waals surface area (Å²) in [5.74, 6) is 0.241. The van der Waals surface area contributed by atoms with Gasteiger partial charge in [-0.1, -0.05) is 6.92 Å². The quantitative estimate of drug-likeness (QED) is 0.881. The summed E-state index contributed by atoms with van der Waals surface area (Å²) < 4.78 is 14.3. The average molecular weight is 279 g/mol. The van der Waals surface area contributed by atoms with Crippen LogP contribution in [0.2, 0.25) is 0 Å². The van der Waals surface area contributed by atoms with Crippen molar-refractivity contribution in [2.45, 2.75) is 25.8 Å². The summed E-state index contributed by atoms with van der Waals surface area (Å²) in [7, 11) is 0. The van der Waals surface area contributed by atoms with Crippen LogP contribution < -0.4 is 10.2 Å². The molecule has 5 nitrogen and oxygen atoms in total. The summed E-state index contributed by atoms with van der Waals surface area (Å²) in [5.41, 5.74) is 0.514. The van der Waals surface area contributed by atoms with Crippen molar-refractivity contribution in [1.29, 1.82) is 0 Å². The molecule has 1 unspecified atom stereocenters. The number of halogens is 1. The number of hydrogen-bond donors (Lipinski definition) is 1. The maximum atomic E-state index is 14.3. The van der Waals surface area contributed by atoms with Gasteiger partial charge in [0.05, 0.1) is 5.69 Å². The highest BCUT2D eigenvalue weighted by Gasteiger charge is 2.30. The predicted octanol–water partition coefficient (Wildman–Crippen LogP) is 0.662. The highest BCUT2D eigenvalue weighted by Crippen LogP contribution is 2.24. The minimum Gasteiger partial charge on any atom is -0.352 e. The summed E-state index contributed by atoms with van der Waals surface area (Å²) in [6.07, 6.45) is 3.18. The first-order valence-corrected chi connectivity index (χ1v) is 7.48. The SMILES string of the molecule is CCc1ncnc(N2CCC(N3CCNCC3)C2)c1F. The normalized spacial score (nSPS) is 24.3. The number of hydrogen-bond acceptors (Lipinski definition) is 5. The largest absolute Gasteiger partial charge is 0.352 e. The van der Waals surface area contributed by atoms with Crippen LogP contribution in [0.3, 0.4) is 0 Å². The van der Waals surface area contributed by atoms with E-state index >= 15 is 0 Å². The lowest BCUT2D eigenvalue weighted by atomic mass is 10.2. The predicted molar refractivity (Wildman–Crippen MR) is 76.4 cm³/mol. The lowest BCUT2D eigenvalue weighted by molar-refractivity contribution is 0.185. The summed E-state index contributed by atoms with van der Waals surface area (Å²) in [5, 5.41) is 3.37. The van der Waals surface area contributed by atoms with E-state index in [0.717, 1.165) is 45.7 Å². The zero-order valence-electron chi connectivity index (χ0n) is 12.0. The lowest BCUT2D eigenvalue weighted by Gasteiger charge is -2.32. The van der Waals surface area contributed by atoms with Gasteiger partial charge in [-0.15, -0.1) is 0 Å². The Balaban J connectivity index is 1.70. The van der Waals surface area contributed by atoms with Gasteiger partial charge in [-0.3, -0.25) is 4.90 Å². The molecule has 2 aliphatic rings. The minimum atomic E-state index is -0.240. The van der Waals surface area contributed by atoms with Crippen molar-refractivity contribution >= 4 is 5.82 Å². The van der Waals surface area contributed by atoms with Crippen LogP contribution >= 0.6 is 0 Å². The highest BCUT2D eigenvalue weighted by molar-refractivity contribution is 5.42. The van der Waals surface area contributed by atoms with E-state index in [1.165, 1.54) is 6.33 Å². The van der Waals surface area contributed by atoms with E-state index in [1.807, 2.05) is 6.92 Å². The third-order valence-corrected chi connectivity index (χ3v) is 4.31. The van der Waals surface area contributed by atoms with Gasteiger partial charge in [-0.2, -0.15) is 0 Å². The van der Waals surface area contributed by atoms with Crippen molar-refractivity contribution in [2.24, 2.45) is 0 Å². The second-order valence-electron chi connectivity index (χ2n) is 5.49. The summed E-state index contributed by atoms with van der Waals surface area (Å²) >= 11 is 0. The van der Waals surface area contributed by atoms with Crippen LogP contribution in [0, 0.1) is 5.82 Å². The van der Waals surface area contributed by atoms with E-state index in [1.54, 1.807) is 0 Å². The Labute approximate surface area is 119 Å². The first-order chi connectivity index (χ1) is 9.79. The molecule has 6 heteroatoms. The van der Waals surface area contributed by atoms with Crippen LogP contribution in [0.1, 0.15) is 19.0 Å². The zero-order valence-corrected chi connectivity index (χ0v) is 12.0. The fourth-order valence-corrected chi connectivity index (χ4v) is 3.14. The van der Waals surface area contributed by atoms with Crippen molar-refractivity contribution < 1.29 is 4.39 Å². The number of aryl methyl sites for hydroxylation is 1. The Hall–Kier alpha value is -1.27. The van der Waals surface area contributed by atoms with Crippen LogP contribution in [0.4, 0.5) is 10.2 Å². The molecule has 3 rings (SSSR count). The maximum Gasteiger partial charge on any atom is 0.187 e. The molecule has 1 aromatic rings. The number of anilines is 1. The topological polar surface area (TPSA) is 44.3 Å². The van der Waals surface area contributed by atoms with Gasteiger partial charge in [0.1, 0.15) is 6.33 Å². The van der Waals surface area contributed by atoms with Crippen LogP contribution in [0.5, 0.6) is 0 Å². The van der Waals surface area contributed by atoms with Crippen LogP contribution in [-0.4, -0.2) is 60.2 Å². The molecule has 1 atom stereocenters. The Morgan fingerprint density at radius 2 is 2.10 bits per heavy atom. The molecule has 0 amide bonds. The summed E-state index contributed by atoms with van der Waals surface area (Å²) in [4.78, 5) is 12.7. The number of nitrogens with one attached hydrogen (secondary N) is 1. The molecule has 0 saturated carbocycles. The van der Waals surface area contributed by atoms with Crippen LogP contribution in [-0.2, 0) is 6.42 Å². The Bertz CT molecular complexity index is 461. The maximum absolute atomic E-state index is 14.3. The van der Waals surface area contributed by atoms with Crippen molar-refractivity contribution in [2.75, 3.05) is 44.2 Å². The summed E-state index contributed by atoms with van der Waals surface area (Å²) in [6.45, 7) is 7.96. The molecular formula is C14H22FN5. The van der Waals surface area contributed by atoms with E-state index < -0.39 is 0 Å². The number of aromatic nitrogens is 2. The first-order valence-electron chi connectivity index (χ1n) is 7.48. The standard InChI is InChI=1S/C14H22FN5/c1-2-12-13(15)14(18-10-17-12)20-6-3-11(9-20)19-7-4-16-5-8-19/h10-11,16H,2-9H2,1H3. The fourth-order valence-electron chi connectivity index (χ4n) is 3.14. The second-order valence-corrected chi connectivity index (χ2v) is 5.49. The number of nitrogens with zero attached hydrogens (tertiary/aromatic N) is 4. The fraction of sp³-hybridized carbons (Fsp3) is 0.714. The Kier molecular flexibility index (Phi) is 4.12. The van der Waals surface area contributed by atoms with Gasteiger partial charge in [-0.25, -0.2) is 14.4 Å². The minimum absolute atomic E-state index is 0.240. The van der Waals surface area contributed by atoms with E-state index in [2.05, 4.69) is 25.1 Å². The van der Waals surface area contributed by atoms with Gasteiger partial charge in [-0.05, 0) is 12.8 Å². The van der Waals surface area contributed by atoms with E-state index in [-0.39, 0.29) is 5.82 Å². The van der Waals surface area contributed by atoms with Gasteiger partial charge in [0.15, 0.2) is 11.6 Å². The van der Waals surface area contributed by atoms with Gasteiger partial charge in [0.25, 0.3) is 0 Å². The van der Waals surface area contributed by atoms with Crippen LogP contribution in [0.25, 0.3) is 0 Å². The van der Waals surface area contributed by atoms with Crippen LogP contribution in [0.15, 0.2) is 6.33 Å². The zero-order chi connectivity index (χ0) is 13.9.